The number of pyridine rings is 1. The highest BCUT2D eigenvalue weighted by Crippen LogP contribution is 2.32. The molecule has 0 fully saturated rings. The van der Waals surface area contributed by atoms with E-state index in [-0.39, 0.29) is 12.6 Å². The molecule has 3 aromatic rings. The minimum atomic E-state index is -0.329. The number of aryl methyl sites for hydroxylation is 1. The first kappa shape index (κ1) is 18.3. The molecule has 2 aromatic carbocycles. The predicted octanol–water partition coefficient (Wildman–Crippen LogP) is 6.02. The third-order valence-electron chi connectivity index (χ3n) is 5.08. The van der Waals surface area contributed by atoms with Gasteiger partial charge in [-0.1, -0.05) is 54.4 Å². The van der Waals surface area contributed by atoms with Crippen molar-refractivity contribution >= 4 is 40.1 Å². The number of carbonyl (C=O) groups excluding carboxylic acids is 1. The number of carbonyl (C=O) groups is 1. The fraction of sp³-hybridized carbons (Fsp3) is 0.273. The van der Waals surface area contributed by atoms with Crippen molar-refractivity contribution in [3.05, 3.63) is 74.9 Å². The third kappa shape index (κ3) is 3.67. The summed E-state index contributed by atoms with van der Waals surface area (Å²) in [5.41, 5.74) is 4.26. The van der Waals surface area contributed by atoms with E-state index in [0.717, 1.165) is 47.0 Å². The van der Waals surface area contributed by atoms with Crippen LogP contribution in [0.2, 0.25) is 10.0 Å². The first-order valence-electron chi connectivity index (χ1n) is 9.04. The smallest absolute Gasteiger partial charge is 0.339 e. The maximum absolute atomic E-state index is 13.1. The monoisotopic (exact) mass is 399 g/mol. The second kappa shape index (κ2) is 7.49. The van der Waals surface area contributed by atoms with Crippen LogP contribution in [0.1, 0.15) is 40.5 Å². The minimum Gasteiger partial charge on any atom is -0.457 e. The first-order chi connectivity index (χ1) is 13.0. The number of fused-ring (bicyclic) bond motifs is 2. The predicted molar refractivity (Wildman–Crippen MR) is 109 cm³/mol. The topological polar surface area (TPSA) is 39.2 Å². The molecule has 3 nitrogen and oxygen atoms in total. The van der Waals surface area contributed by atoms with E-state index in [4.69, 9.17) is 32.9 Å². The van der Waals surface area contributed by atoms with Crippen molar-refractivity contribution in [3.63, 3.8) is 0 Å². The molecule has 1 unspecified atom stereocenters. The highest BCUT2D eigenvalue weighted by Gasteiger charge is 2.26. The van der Waals surface area contributed by atoms with E-state index >= 15 is 0 Å². The van der Waals surface area contributed by atoms with Gasteiger partial charge in [-0.05, 0) is 48.9 Å². The van der Waals surface area contributed by atoms with Crippen LogP contribution in [0.4, 0.5) is 0 Å². The fourth-order valence-electron chi connectivity index (χ4n) is 3.65. The Kier molecular flexibility index (Phi) is 5.07. The average molecular weight is 400 g/mol. The quantitative estimate of drug-likeness (QED) is 0.505. The van der Waals surface area contributed by atoms with Crippen LogP contribution in [0.15, 0.2) is 42.5 Å². The van der Waals surface area contributed by atoms with Gasteiger partial charge in [0.1, 0.15) is 6.61 Å². The van der Waals surface area contributed by atoms with Crippen LogP contribution in [-0.2, 0) is 24.2 Å². The molecule has 0 radical (unpaired) electrons. The van der Waals surface area contributed by atoms with E-state index < -0.39 is 0 Å². The molecule has 0 N–H and O–H groups in total. The number of hydrogen-bond acceptors (Lipinski definition) is 3. The van der Waals surface area contributed by atoms with Crippen molar-refractivity contribution in [1.29, 1.82) is 0 Å². The molecule has 0 amide bonds. The Morgan fingerprint density at radius 3 is 2.85 bits per heavy atom. The zero-order valence-corrected chi connectivity index (χ0v) is 16.5. The molecular weight excluding hydrogens is 381 g/mol. The Morgan fingerprint density at radius 1 is 1.22 bits per heavy atom. The van der Waals surface area contributed by atoms with Gasteiger partial charge in [-0.25, -0.2) is 4.79 Å². The van der Waals surface area contributed by atoms with Crippen molar-refractivity contribution in [2.24, 2.45) is 5.92 Å². The summed E-state index contributed by atoms with van der Waals surface area (Å²) in [6.07, 6.45) is 2.83. The van der Waals surface area contributed by atoms with E-state index in [2.05, 4.69) is 6.92 Å². The van der Waals surface area contributed by atoms with Gasteiger partial charge in [0, 0.05) is 26.7 Å². The largest absolute Gasteiger partial charge is 0.457 e. The Bertz CT molecular complexity index is 1030. The molecule has 4 rings (SSSR count). The van der Waals surface area contributed by atoms with Crippen molar-refractivity contribution in [2.45, 2.75) is 32.8 Å². The zero-order chi connectivity index (χ0) is 19.0. The number of rotatable bonds is 3. The summed E-state index contributed by atoms with van der Waals surface area (Å²) in [6.45, 7) is 2.32. The average Bonchev–Trinajstić information content (AvgIpc) is 2.65. The van der Waals surface area contributed by atoms with Crippen LogP contribution in [-0.4, -0.2) is 11.0 Å². The molecule has 0 spiro atoms. The van der Waals surface area contributed by atoms with Crippen LogP contribution < -0.4 is 0 Å². The SMILES string of the molecule is CC1CCc2nc3ccccc3c(C(=O)OCc3ccc(Cl)cc3Cl)c2C1. The zero-order valence-electron chi connectivity index (χ0n) is 15.0. The number of para-hydroxylation sites is 1. The normalized spacial score (nSPS) is 16.2. The highest BCUT2D eigenvalue weighted by molar-refractivity contribution is 6.35. The van der Waals surface area contributed by atoms with E-state index in [1.165, 1.54) is 0 Å². The summed E-state index contributed by atoms with van der Waals surface area (Å²) in [5.74, 6) is 0.197. The molecule has 0 saturated carbocycles. The lowest BCUT2D eigenvalue weighted by Gasteiger charge is -2.24. The molecule has 5 heteroatoms. The summed E-state index contributed by atoms with van der Waals surface area (Å²) in [7, 11) is 0. The Morgan fingerprint density at radius 2 is 2.04 bits per heavy atom. The van der Waals surface area contributed by atoms with Gasteiger partial charge in [-0.2, -0.15) is 0 Å². The van der Waals surface area contributed by atoms with Gasteiger partial charge in [-0.15, -0.1) is 0 Å². The lowest BCUT2D eigenvalue weighted by Crippen LogP contribution is -2.19. The second-order valence-electron chi connectivity index (χ2n) is 7.09. The Hall–Kier alpha value is -2.10. The molecule has 138 valence electrons. The van der Waals surface area contributed by atoms with Gasteiger partial charge in [0.05, 0.1) is 11.1 Å². The molecule has 1 heterocycles. The number of ether oxygens (including phenoxy) is 1. The molecule has 1 aliphatic rings. The van der Waals surface area contributed by atoms with Crippen LogP contribution in [0, 0.1) is 5.92 Å². The Balaban J connectivity index is 1.71. The lowest BCUT2D eigenvalue weighted by atomic mass is 9.84. The van der Waals surface area contributed by atoms with Crippen molar-refractivity contribution in [1.82, 2.24) is 4.98 Å². The standard InChI is InChI=1S/C22H19Cl2NO2/c1-13-6-9-20-17(10-13)21(16-4-2-3-5-19(16)25-20)22(26)27-12-14-7-8-15(23)11-18(14)24/h2-5,7-8,11,13H,6,9-10,12H2,1H3. The van der Waals surface area contributed by atoms with E-state index in [1.807, 2.05) is 24.3 Å². The highest BCUT2D eigenvalue weighted by atomic mass is 35.5. The summed E-state index contributed by atoms with van der Waals surface area (Å²) in [4.78, 5) is 17.9. The maximum Gasteiger partial charge on any atom is 0.339 e. The molecular formula is C22H19Cl2NO2. The number of nitrogens with zero attached hydrogens (tertiary/aromatic N) is 1. The molecule has 27 heavy (non-hydrogen) atoms. The molecule has 1 aliphatic carbocycles. The summed E-state index contributed by atoms with van der Waals surface area (Å²) in [5, 5.41) is 1.89. The second-order valence-corrected chi connectivity index (χ2v) is 7.93. The van der Waals surface area contributed by atoms with Crippen molar-refractivity contribution < 1.29 is 9.53 Å². The lowest BCUT2D eigenvalue weighted by molar-refractivity contribution is 0.0473. The number of esters is 1. The van der Waals surface area contributed by atoms with E-state index in [1.54, 1.807) is 18.2 Å². The van der Waals surface area contributed by atoms with Gasteiger partial charge in [0.15, 0.2) is 0 Å². The molecule has 0 saturated heterocycles. The van der Waals surface area contributed by atoms with Crippen LogP contribution in [0.25, 0.3) is 10.9 Å². The summed E-state index contributed by atoms with van der Waals surface area (Å²) < 4.78 is 5.65. The van der Waals surface area contributed by atoms with Gasteiger partial charge in [-0.3, -0.25) is 4.98 Å². The minimum absolute atomic E-state index is 0.107. The van der Waals surface area contributed by atoms with Gasteiger partial charge < -0.3 is 4.74 Å². The molecule has 0 aliphatic heterocycles. The van der Waals surface area contributed by atoms with Gasteiger partial charge in [0.25, 0.3) is 0 Å². The molecule has 0 bridgehead atoms. The summed E-state index contributed by atoms with van der Waals surface area (Å²) in [6, 6.07) is 12.9. The van der Waals surface area contributed by atoms with Crippen molar-refractivity contribution in [2.75, 3.05) is 0 Å². The number of hydrogen-bond donors (Lipinski definition) is 0. The third-order valence-corrected chi connectivity index (χ3v) is 5.67. The van der Waals surface area contributed by atoms with Gasteiger partial charge >= 0.3 is 5.97 Å². The van der Waals surface area contributed by atoms with Gasteiger partial charge in [0.2, 0.25) is 0 Å². The summed E-state index contributed by atoms with van der Waals surface area (Å²) >= 11 is 12.1. The van der Waals surface area contributed by atoms with Crippen LogP contribution in [0.5, 0.6) is 0 Å². The van der Waals surface area contributed by atoms with Crippen LogP contribution >= 0.6 is 23.2 Å². The maximum atomic E-state index is 13.1. The molecule has 1 aromatic heterocycles. The van der Waals surface area contributed by atoms with E-state index in [0.29, 0.717) is 21.5 Å². The first-order valence-corrected chi connectivity index (χ1v) is 9.80. The number of benzene rings is 2. The van der Waals surface area contributed by atoms with Crippen molar-refractivity contribution in [3.8, 4) is 0 Å². The van der Waals surface area contributed by atoms with E-state index in [9.17, 15) is 4.79 Å². The Labute approximate surface area is 168 Å². The number of aromatic nitrogens is 1. The van der Waals surface area contributed by atoms with Crippen LogP contribution in [0.3, 0.4) is 0 Å². The number of halogens is 2. The molecule has 1 atom stereocenters. The fourth-order valence-corrected chi connectivity index (χ4v) is 4.11.